The summed E-state index contributed by atoms with van der Waals surface area (Å²) < 4.78 is 5.46. The van der Waals surface area contributed by atoms with E-state index in [9.17, 15) is 19.5 Å². The highest BCUT2D eigenvalue weighted by molar-refractivity contribution is 6.36. The standard InChI is InChI=1S/C40H33Cl2N3O6/c1-51-27-14-9-24(10-15-27)40-31(37(48)45(39(40)50)43-33-18-11-25(41)19-32(33)42)20-30-28(35(40)23-7-12-26(46)13-8-23)16-17-29-34(30)38(49)44(36(29)47)21-22-5-3-2-4-6-22/h2-16,18-19,29-31,34-35,43,46H,17,20-21H2,1H3/t29-,30+,31-,34-,35-,40+/m0/s1. The first-order valence-corrected chi connectivity index (χ1v) is 17.5. The van der Waals surface area contributed by atoms with E-state index in [4.69, 9.17) is 27.9 Å². The van der Waals surface area contributed by atoms with Gasteiger partial charge in [-0.15, -0.1) is 0 Å². The van der Waals surface area contributed by atoms with Crippen LogP contribution in [-0.2, 0) is 31.1 Å². The van der Waals surface area contributed by atoms with Crippen LogP contribution in [0.5, 0.6) is 11.5 Å². The van der Waals surface area contributed by atoms with Crippen LogP contribution >= 0.6 is 23.2 Å². The number of amides is 4. The Hall–Kier alpha value is -5.12. The van der Waals surface area contributed by atoms with E-state index < -0.39 is 46.8 Å². The molecule has 11 heteroatoms. The number of halogens is 2. The van der Waals surface area contributed by atoms with Gasteiger partial charge in [0.1, 0.15) is 11.5 Å². The summed E-state index contributed by atoms with van der Waals surface area (Å²) >= 11 is 12.7. The van der Waals surface area contributed by atoms with Crippen LogP contribution < -0.4 is 10.2 Å². The number of carbonyl (C=O) groups excluding carboxylic acids is 4. The van der Waals surface area contributed by atoms with E-state index in [1.165, 1.54) is 11.0 Å². The third kappa shape index (κ3) is 5.13. The third-order valence-electron chi connectivity index (χ3n) is 11.1. The molecule has 0 spiro atoms. The maximum atomic E-state index is 15.3. The fraction of sp³-hybridized carbons (Fsp3) is 0.250. The largest absolute Gasteiger partial charge is 0.508 e. The number of hydrazine groups is 1. The van der Waals surface area contributed by atoms with Gasteiger partial charge in [0.2, 0.25) is 11.8 Å². The molecule has 6 atom stereocenters. The summed E-state index contributed by atoms with van der Waals surface area (Å²) in [5.74, 6) is -4.32. The molecular formula is C40H33Cl2N3O6. The number of ether oxygens (including phenoxy) is 1. The number of fused-ring (bicyclic) bond motifs is 4. The molecule has 8 rings (SSSR count). The third-order valence-corrected chi connectivity index (χ3v) is 11.6. The Morgan fingerprint density at radius 3 is 2.27 bits per heavy atom. The van der Waals surface area contributed by atoms with Crippen LogP contribution in [0.2, 0.25) is 10.0 Å². The SMILES string of the molecule is COc1ccc([C@@]23C(=O)N(Nc4ccc(Cl)cc4Cl)C(=O)[C@@H]2C[C@@H]2C(=CC[C@@H]4C(=O)N(Cc5ccccc5)C(=O)[C@@H]42)[C@@H]3c2ccc(O)cc2)cc1. The summed E-state index contributed by atoms with van der Waals surface area (Å²) in [5.41, 5.74) is 4.79. The molecule has 0 aromatic heterocycles. The Balaban J connectivity index is 1.30. The van der Waals surface area contributed by atoms with Gasteiger partial charge in [-0.2, -0.15) is 5.01 Å². The van der Waals surface area contributed by atoms with Crippen molar-refractivity contribution < 1.29 is 29.0 Å². The van der Waals surface area contributed by atoms with E-state index in [1.807, 2.05) is 48.5 Å². The molecule has 2 aliphatic carbocycles. The van der Waals surface area contributed by atoms with Gasteiger partial charge in [0, 0.05) is 10.9 Å². The van der Waals surface area contributed by atoms with Gasteiger partial charge in [0.05, 0.1) is 47.5 Å². The number of hydrogen-bond acceptors (Lipinski definition) is 7. The van der Waals surface area contributed by atoms with Crippen LogP contribution in [0.4, 0.5) is 5.69 Å². The van der Waals surface area contributed by atoms with Crippen molar-refractivity contribution in [2.24, 2.45) is 23.7 Å². The van der Waals surface area contributed by atoms with E-state index >= 15 is 4.79 Å². The number of nitrogens with zero attached hydrogens (tertiary/aromatic N) is 2. The monoisotopic (exact) mass is 721 g/mol. The number of likely N-dealkylation sites (tertiary alicyclic amines) is 1. The fourth-order valence-corrected chi connectivity index (χ4v) is 9.32. The summed E-state index contributed by atoms with van der Waals surface area (Å²) in [4.78, 5) is 59.7. The van der Waals surface area contributed by atoms with Gasteiger partial charge in [-0.1, -0.05) is 89.4 Å². The maximum absolute atomic E-state index is 15.3. The highest BCUT2D eigenvalue weighted by atomic mass is 35.5. The average Bonchev–Trinajstić information content (AvgIpc) is 3.50. The van der Waals surface area contributed by atoms with Crippen molar-refractivity contribution in [3.8, 4) is 11.5 Å². The summed E-state index contributed by atoms with van der Waals surface area (Å²) in [6.45, 7) is 0.158. The lowest BCUT2D eigenvalue weighted by molar-refractivity contribution is -0.142. The molecule has 1 saturated carbocycles. The van der Waals surface area contributed by atoms with Crippen molar-refractivity contribution >= 4 is 52.5 Å². The van der Waals surface area contributed by atoms with Crippen LogP contribution in [0, 0.1) is 23.7 Å². The molecular weight excluding hydrogens is 689 g/mol. The Morgan fingerprint density at radius 2 is 1.59 bits per heavy atom. The topological polar surface area (TPSA) is 116 Å². The summed E-state index contributed by atoms with van der Waals surface area (Å²) in [6, 6.07) is 27.9. The molecule has 4 aromatic rings. The Kier molecular flexibility index (Phi) is 8.15. The zero-order valence-electron chi connectivity index (χ0n) is 27.5. The molecule has 3 fully saturated rings. The molecule has 0 unspecified atom stereocenters. The van der Waals surface area contributed by atoms with Gasteiger partial charge in [-0.25, -0.2) is 0 Å². The molecule has 0 bridgehead atoms. The Bertz CT molecular complexity index is 2100. The molecule has 2 saturated heterocycles. The van der Waals surface area contributed by atoms with Gasteiger partial charge in [-0.3, -0.25) is 29.5 Å². The highest BCUT2D eigenvalue weighted by Gasteiger charge is 2.70. The van der Waals surface area contributed by atoms with Crippen LogP contribution in [-0.4, -0.2) is 45.8 Å². The normalized spacial score (nSPS) is 26.8. The number of phenolic OH excluding ortho intramolecular Hbond substituents is 1. The molecule has 4 aromatic carbocycles. The predicted molar refractivity (Wildman–Crippen MR) is 191 cm³/mol. The molecule has 9 nitrogen and oxygen atoms in total. The number of rotatable bonds is 7. The second-order valence-electron chi connectivity index (χ2n) is 13.6. The minimum Gasteiger partial charge on any atom is -0.508 e. The zero-order chi connectivity index (χ0) is 35.6. The highest BCUT2D eigenvalue weighted by Crippen LogP contribution is 2.64. The smallest absolute Gasteiger partial charge is 0.260 e. The lowest BCUT2D eigenvalue weighted by Crippen LogP contribution is -2.53. The summed E-state index contributed by atoms with van der Waals surface area (Å²) in [5, 5.41) is 12.0. The van der Waals surface area contributed by atoms with E-state index in [0.717, 1.165) is 16.1 Å². The molecule has 4 amide bonds. The number of anilines is 1. The molecule has 4 aliphatic rings. The minimum absolute atomic E-state index is 0.0430. The fourth-order valence-electron chi connectivity index (χ4n) is 8.87. The molecule has 2 aliphatic heterocycles. The lowest BCUT2D eigenvalue weighted by Gasteiger charge is -2.50. The summed E-state index contributed by atoms with van der Waals surface area (Å²) in [7, 11) is 1.55. The number of aromatic hydroxyl groups is 1. The van der Waals surface area contributed by atoms with E-state index in [2.05, 4.69) is 5.43 Å². The average molecular weight is 723 g/mol. The molecule has 2 N–H and O–H groups in total. The number of allylic oxidation sites excluding steroid dienone is 2. The zero-order valence-corrected chi connectivity index (χ0v) is 29.0. The first-order chi connectivity index (χ1) is 24.6. The Morgan fingerprint density at radius 1 is 0.863 bits per heavy atom. The predicted octanol–water partition coefficient (Wildman–Crippen LogP) is 6.89. The van der Waals surface area contributed by atoms with Gasteiger partial charge < -0.3 is 9.84 Å². The molecule has 0 radical (unpaired) electrons. The number of carbonyl (C=O) groups is 4. The van der Waals surface area contributed by atoms with Crippen molar-refractivity contribution in [2.45, 2.75) is 30.7 Å². The first kappa shape index (κ1) is 33.0. The van der Waals surface area contributed by atoms with Crippen molar-refractivity contribution in [3.05, 3.63) is 135 Å². The van der Waals surface area contributed by atoms with E-state index in [0.29, 0.717) is 34.0 Å². The van der Waals surface area contributed by atoms with E-state index in [-0.39, 0.29) is 35.6 Å². The minimum atomic E-state index is -1.48. The quantitative estimate of drug-likeness (QED) is 0.158. The van der Waals surface area contributed by atoms with Crippen LogP contribution in [0.1, 0.15) is 35.4 Å². The number of benzene rings is 4. The number of imide groups is 2. The van der Waals surface area contributed by atoms with Crippen molar-refractivity contribution in [1.82, 2.24) is 9.91 Å². The number of methoxy groups -OCH3 is 1. The summed E-state index contributed by atoms with van der Waals surface area (Å²) in [6.07, 6.45) is 2.48. The van der Waals surface area contributed by atoms with Gasteiger partial charge >= 0.3 is 0 Å². The van der Waals surface area contributed by atoms with Crippen LogP contribution in [0.15, 0.2) is 109 Å². The van der Waals surface area contributed by atoms with Crippen LogP contribution in [0.25, 0.3) is 0 Å². The maximum Gasteiger partial charge on any atom is 0.260 e. The van der Waals surface area contributed by atoms with Crippen molar-refractivity contribution in [3.63, 3.8) is 0 Å². The lowest BCUT2D eigenvalue weighted by atomic mass is 9.49. The van der Waals surface area contributed by atoms with Crippen molar-refractivity contribution in [1.29, 1.82) is 0 Å². The molecule has 258 valence electrons. The van der Waals surface area contributed by atoms with Crippen LogP contribution in [0.3, 0.4) is 0 Å². The Labute approximate surface area is 304 Å². The van der Waals surface area contributed by atoms with Gasteiger partial charge in [0.15, 0.2) is 0 Å². The van der Waals surface area contributed by atoms with E-state index in [1.54, 1.807) is 55.6 Å². The number of hydrogen-bond donors (Lipinski definition) is 2. The molecule has 2 heterocycles. The second-order valence-corrected chi connectivity index (χ2v) is 14.4. The van der Waals surface area contributed by atoms with Gasteiger partial charge in [-0.05, 0) is 77.9 Å². The first-order valence-electron chi connectivity index (χ1n) is 16.8. The second kappa shape index (κ2) is 12.6. The molecule has 51 heavy (non-hydrogen) atoms. The van der Waals surface area contributed by atoms with Gasteiger partial charge in [0.25, 0.3) is 11.8 Å². The number of phenols is 1. The van der Waals surface area contributed by atoms with Crippen molar-refractivity contribution in [2.75, 3.05) is 12.5 Å². The number of nitrogens with one attached hydrogen (secondary N) is 1.